The summed E-state index contributed by atoms with van der Waals surface area (Å²) in [7, 11) is 0. The van der Waals surface area contributed by atoms with Crippen molar-refractivity contribution < 1.29 is 0 Å². The molecule has 1 radical (unpaired) electrons. The van der Waals surface area contributed by atoms with Gasteiger partial charge >= 0.3 is 0 Å². The average Bonchev–Trinajstić information content (AvgIpc) is 2.05. The van der Waals surface area contributed by atoms with Gasteiger partial charge in [-0.1, -0.05) is 24.3 Å². The van der Waals surface area contributed by atoms with Crippen LogP contribution in [0.2, 0.25) is 0 Å². The largest absolute Gasteiger partial charge is 0.0620 e. The van der Waals surface area contributed by atoms with Crippen molar-refractivity contribution in [3.63, 3.8) is 0 Å². The summed E-state index contributed by atoms with van der Waals surface area (Å²) in [4.78, 5) is 0. The minimum atomic E-state index is 1.18. The van der Waals surface area contributed by atoms with Crippen LogP contribution in [0.1, 0.15) is 17.5 Å². The van der Waals surface area contributed by atoms with E-state index in [9.17, 15) is 0 Å². The van der Waals surface area contributed by atoms with Gasteiger partial charge in [-0.25, -0.2) is 0 Å². The molecule has 2 rings (SSSR count). The Morgan fingerprint density at radius 2 is 1.80 bits per heavy atom. The van der Waals surface area contributed by atoms with Crippen molar-refractivity contribution in [2.24, 2.45) is 0 Å². The number of benzene rings is 1. The molecule has 1 aromatic rings. The van der Waals surface area contributed by atoms with Gasteiger partial charge in [-0.3, -0.25) is 0 Å². The first-order valence-corrected chi connectivity index (χ1v) is 3.85. The topological polar surface area (TPSA) is 0 Å². The van der Waals surface area contributed by atoms with Crippen LogP contribution in [0, 0.1) is 6.42 Å². The summed E-state index contributed by atoms with van der Waals surface area (Å²) < 4.78 is 0. The molecule has 0 fully saturated rings. The van der Waals surface area contributed by atoms with Crippen LogP contribution < -0.4 is 0 Å². The summed E-state index contributed by atoms with van der Waals surface area (Å²) in [5.74, 6) is 0. The Morgan fingerprint density at radius 1 is 1.00 bits per heavy atom. The van der Waals surface area contributed by atoms with E-state index in [1.807, 2.05) is 0 Å². The van der Waals surface area contributed by atoms with E-state index in [0.717, 1.165) is 0 Å². The van der Waals surface area contributed by atoms with Crippen LogP contribution >= 0.6 is 0 Å². The van der Waals surface area contributed by atoms with E-state index in [1.165, 1.54) is 24.8 Å². The number of fused-ring (bicyclic) bond motifs is 1. The van der Waals surface area contributed by atoms with E-state index >= 15 is 0 Å². The molecular formula is C10H11. The van der Waals surface area contributed by atoms with Crippen LogP contribution in [-0.2, 0) is 12.8 Å². The maximum Gasteiger partial charge on any atom is -0.0245 e. The second-order valence-electron chi connectivity index (χ2n) is 2.80. The highest BCUT2D eigenvalue weighted by Gasteiger charge is 2.06. The molecule has 0 spiro atoms. The average molecular weight is 131 g/mol. The third-order valence-corrected chi connectivity index (χ3v) is 2.10. The van der Waals surface area contributed by atoms with E-state index < -0.39 is 0 Å². The second kappa shape index (κ2) is 2.45. The predicted molar refractivity (Wildman–Crippen MR) is 42.8 cm³/mol. The van der Waals surface area contributed by atoms with Gasteiger partial charge in [-0.2, -0.15) is 0 Å². The van der Waals surface area contributed by atoms with Crippen molar-refractivity contribution >= 4 is 0 Å². The summed E-state index contributed by atoms with van der Waals surface area (Å²) in [6.07, 6.45) is 6.05. The molecule has 0 atom stereocenters. The van der Waals surface area contributed by atoms with Gasteiger partial charge in [-0.05, 0) is 36.8 Å². The van der Waals surface area contributed by atoms with E-state index in [0.29, 0.717) is 0 Å². The van der Waals surface area contributed by atoms with Gasteiger partial charge in [0.1, 0.15) is 0 Å². The molecule has 51 valence electrons. The number of aryl methyl sites for hydroxylation is 1. The van der Waals surface area contributed by atoms with Gasteiger partial charge in [0.15, 0.2) is 0 Å². The Hall–Kier alpha value is -0.780. The molecule has 10 heavy (non-hydrogen) atoms. The lowest BCUT2D eigenvalue weighted by atomic mass is 9.92. The van der Waals surface area contributed by atoms with E-state index in [2.05, 4.69) is 30.7 Å². The van der Waals surface area contributed by atoms with Crippen LogP contribution in [0.15, 0.2) is 24.3 Å². The van der Waals surface area contributed by atoms with Gasteiger partial charge in [-0.15, -0.1) is 0 Å². The number of hydrogen-bond donors (Lipinski definition) is 0. The van der Waals surface area contributed by atoms with Crippen molar-refractivity contribution in [1.82, 2.24) is 0 Å². The van der Waals surface area contributed by atoms with E-state index in [-0.39, 0.29) is 0 Å². The van der Waals surface area contributed by atoms with Gasteiger partial charge in [0.25, 0.3) is 0 Å². The fourth-order valence-electron chi connectivity index (χ4n) is 1.52. The fraction of sp³-hybridized carbons (Fsp3) is 0.300. The molecule has 0 bridgehead atoms. The van der Waals surface area contributed by atoms with Crippen LogP contribution in [-0.4, -0.2) is 0 Å². The molecule has 0 heteroatoms. The van der Waals surface area contributed by atoms with Gasteiger partial charge in [0.05, 0.1) is 0 Å². The predicted octanol–water partition coefficient (Wildman–Crippen LogP) is 2.38. The summed E-state index contributed by atoms with van der Waals surface area (Å²) in [6, 6.07) is 8.72. The van der Waals surface area contributed by atoms with Gasteiger partial charge in [0.2, 0.25) is 0 Å². The SMILES string of the molecule is [CH]1CCc2ccccc2C1. The summed E-state index contributed by atoms with van der Waals surface area (Å²) >= 11 is 0. The van der Waals surface area contributed by atoms with Crippen molar-refractivity contribution in [2.45, 2.75) is 19.3 Å². The zero-order chi connectivity index (χ0) is 6.81. The lowest BCUT2D eigenvalue weighted by Crippen LogP contribution is -2.01. The molecule has 1 aliphatic rings. The highest BCUT2D eigenvalue weighted by atomic mass is 14.1. The highest BCUT2D eigenvalue weighted by molar-refractivity contribution is 5.30. The molecule has 0 aromatic heterocycles. The van der Waals surface area contributed by atoms with Crippen molar-refractivity contribution in [3.05, 3.63) is 41.8 Å². The molecule has 0 nitrogen and oxygen atoms in total. The lowest BCUT2D eigenvalue weighted by molar-refractivity contribution is 0.829. The van der Waals surface area contributed by atoms with Gasteiger partial charge in [0, 0.05) is 0 Å². The number of rotatable bonds is 0. The zero-order valence-corrected chi connectivity index (χ0v) is 6.01. The molecule has 0 amide bonds. The zero-order valence-electron chi connectivity index (χ0n) is 6.01. The van der Waals surface area contributed by atoms with Crippen molar-refractivity contribution in [2.75, 3.05) is 0 Å². The quantitative estimate of drug-likeness (QED) is 0.507. The standard InChI is InChI=1S/C10H11/c1-2-6-10-8-4-3-7-9(10)5-1/h1-3,5-6H,4,7-8H2. The first kappa shape index (κ1) is 5.96. The Balaban J connectivity index is 2.41. The normalized spacial score (nSPS) is 16.4. The third kappa shape index (κ3) is 0.942. The van der Waals surface area contributed by atoms with E-state index in [1.54, 1.807) is 5.56 Å². The summed E-state index contributed by atoms with van der Waals surface area (Å²) in [6.45, 7) is 0. The first-order valence-electron chi connectivity index (χ1n) is 3.85. The van der Waals surface area contributed by atoms with Gasteiger partial charge < -0.3 is 0 Å². The molecule has 1 aromatic carbocycles. The first-order chi connectivity index (χ1) is 4.97. The molecule has 0 aliphatic heterocycles. The highest BCUT2D eigenvalue weighted by Crippen LogP contribution is 2.19. The van der Waals surface area contributed by atoms with Crippen molar-refractivity contribution in [1.29, 1.82) is 0 Å². The Labute approximate surface area is 61.9 Å². The fourth-order valence-corrected chi connectivity index (χ4v) is 1.52. The smallest absolute Gasteiger partial charge is 0.0245 e. The molecule has 0 N–H and O–H groups in total. The minimum Gasteiger partial charge on any atom is -0.0620 e. The minimum absolute atomic E-state index is 1.18. The van der Waals surface area contributed by atoms with Crippen molar-refractivity contribution in [3.8, 4) is 0 Å². The van der Waals surface area contributed by atoms with Crippen LogP contribution in [0.3, 0.4) is 0 Å². The summed E-state index contributed by atoms with van der Waals surface area (Å²) in [5, 5.41) is 0. The molecular weight excluding hydrogens is 120 g/mol. The monoisotopic (exact) mass is 131 g/mol. The van der Waals surface area contributed by atoms with Crippen LogP contribution in [0.5, 0.6) is 0 Å². The van der Waals surface area contributed by atoms with Crippen LogP contribution in [0.25, 0.3) is 0 Å². The molecule has 0 unspecified atom stereocenters. The number of hydrogen-bond acceptors (Lipinski definition) is 0. The molecule has 0 saturated heterocycles. The summed E-state index contributed by atoms with van der Waals surface area (Å²) in [5.41, 5.74) is 3.07. The Bertz CT molecular complexity index is 200. The molecule has 0 saturated carbocycles. The molecule has 0 heterocycles. The molecule has 1 aliphatic carbocycles. The van der Waals surface area contributed by atoms with E-state index in [4.69, 9.17) is 0 Å². The Morgan fingerprint density at radius 3 is 2.60 bits per heavy atom. The third-order valence-electron chi connectivity index (χ3n) is 2.10. The Kier molecular flexibility index (Phi) is 1.46. The maximum atomic E-state index is 2.36. The lowest BCUT2D eigenvalue weighted by Gasteiger charge is -2.13. The maximum absolute atomic E-state index is 2.36. The second-order valence-corrected chi connectivity index (χ2v) is 2.80. The van der Waals surface area contributed by atoms with Crippen LogP contribution in [0.4, 0.5) is 0 Å².